The Hall–Kier alpha value is -4.46. The van der Waals surface area contributed by atoms with Gasteiger partial charge in [-0.2, -0.15) is 0 Å². The molecule has 0 atom stereocenters. The second kappa shape index (κ2) is 9.78. The summed E-state index contributed by atoms with van der Waals surface area (Å²) in [6.45, 7) is 0. The molecule has 8 heteroatoms. The molecule has 190 valence electrons. The van der Waals surface area contributed by atoms with Gasteiger partial charge in [-0.25, -0.2) is 35.1 Å². The minimum Gasteiger partial charge on any atom is -0.207 e. The maximum Gasteiger partial charge on any atom is 0.126 e. The predicted octanol–water partition coefficient (Wildman–Crippen LogP) is 9.47. The van der Waals surface area contributed by atoms with Gasteiger partial charge in [0.05, 0.1) is 0 Å². The summed E-state index contributed by atoms with van der Waals surface area (Å²) in [5.41, 5.74) is -0.0890. The normalized spacial score (nSPS) is 11.2. The Balaban J connectivity index is 1.93. The number of hydrogen-bond acceptors (Lipinski definition) is 0. The summed E-state index contributed by atoms with van der Waals surface area (Å²) in [6, 6.07) is 12.8. The van der Waals surface area contributed by atoms with Gasteiger partial charge in [-0.15, -0.1) is 0 Å². The highest BCUT2D eigenvalue weighted by Crippen LogP contribution is 2.43. The Morgan fingerprint density at radius 1 is 0.211 bits per heavy atom. The van der Waals surface area contributed by atoms with E-state index in [1.165, 1.54) is 12.1 Å². The van der Waals surface area contributed by atoms with Crippen LogP contribution < -0.4 is 0 Å². The highest BCUT2D eigenvalue weighted by molar-refractivity contribution is 5.95. The zero-order valence-corrected chi connectivity index (χ0v) is 19.1. The van der Waals surface area contributed by atoms with E-state index in [9.17, 15) is 35.1 Å². The molecular formula is C30H14F8. The predicted molar refractivity (Wildman–Crippen MR) is 128 cm³/mol. The van der Waals surface area contributed by atoms with Crippen molar-refractivity contribution < 1.29 is 35.1 Å². The minimum absolute atomic E-state index is 0.0358. The van der Waals surface area contributed by atoms with Crippen molar-refractivity contribution in [3.63, 3.8) is 0 Å². The lowest BCUT2D eigenvalue weighted by Crippen LogP contribution is -1.96. The average molecular weight is 526 g/mol. The summed E-state index contributed by atoms with van der Waals surface area (Å²) in [7, 11) is 0. The number of hydrogen-bond donors (Lipinski definition) is 0. The molecule has 5 rings (SSSR count). The molecule has 0 saturated heterocycles. The first-order valence-corrected chi connectivity index (χ1v) is 11.1. The SMILES string of the molecule is Fc1cc(F)cc(-c2cc(-c3cc(F)cc(F)c3)c(-c3cc(F)cc(F)c3)cc2-c2cc(F)cc(F)c2)c1. The number of rotatable bonds is 4. The van der Waals surface area contributed by atoms with Gasteiger partial charge in [0, 0.05) is 24.3 Å². The molecule has 0 heterocycles. The Morgan fingerprint density at radius 2 is 0.368 bits per heavy atom. The van der Waals surface area contributed by atoms with Crippen LogP contribution in [0.1, 0.15) is 0 Å². The van der Waals surface area contributed by atoms with Crippen molar-refractivity contribution >= 4 is 0 Å². The van der Waals surface area contributed by atoms with Crippen molar-refractivity contribution in [2.45, 2.75) is 0 Å². The third kappa shape index (κ3) is 5.16. The van der Waals surface area contributed by atoms with Gasteiger partial charge in [-0.3, -0.25) is 0 Å². The van der Waals surface area contributed by atoms with Crippen LogP contribution >= 0.6 is 0 Å². The van der Waals surface area contributed by atoms with Crippen molar-refractivity contribution in [3.8, 4) is 44.5 Å². The first kappa shape index (κ1) is 25.2. The monoisotopic (exact) mass is 526 g/mol. The van der Waals surface area contributed by atoms with Gasteiger partial charge in [0.25, 0.3) is 0 Å². The standard InChI is InChI=1S/C30H14F8/c31-19-1-15(2-20(32)9-19)27-13-29(17-5-23(35)11-24(36)6-17)30(18-7-25(37)12-26(38)8-18)14-28(27)16-3-21(33)10-22(34)4-16/h1-14H. The van der Waals surface area contributed by atoms with Crippen LogP contribution in [0.2, 0.25) is 0 Å². The molecule has 5 aromatic rings. The molecule has 0 aliphatic carbocycles. The Kier molecular flexibility index (Phi) is 6.48. The van der Waals surface area contributed by atoms with Crippen molar-refractivity contribution in [1.29, 1.82) is 0 Å². The molecule has 38 heavy (non-hydrogen) atoms. The minimum atomic E-state index is -0.953. The van der Waals surface area contributed by atoms with E-state index in [0.29, 0.717) is 24.3 Å². The van der Waals surface area contributed by atoms with Crippen LogP contribution in [0, 0.1) is 46.5 Å². The summed E-state index contributed by atoms with van der Waals surface area (Å²) in [4.78, 5) is 0. The molecule has 0 saturated carbocycles. The molecule has 0 amide bonds. The largest absolute Gasteiger partial charge is 0.207 e. The first-order chi connectivity index (χ1) is 18.0. The fourth-order valence-electron chi connectivity index (χ4n) is 4.39. The Bertz CT molecular complexity index is 1380. The fraction of sp³-hybridized carbons (Fsp3) is 0. The first-order valence-electron chi connectivity index (χ1n) is 11.1. The zero-order valence-electron chi connectivity index (χ0n) is 19.1. The third-order valence-corrected chi connectivity index (χ3v) is 5.85. The fourth-order valence-corrected chi connectivity index (χ4v) is 4.39. The molecule has 0 N–H and O–H groups in total. The molecule has 0 spiro atoms. The highest BCUT2D eigenvalue weighted by Gasteiger charge is 2.20. The highest BCUT2D eigenvalue weighted by atomic mass is 19.2. The summed E-state index contributed by atoms with van der Waals surface area (Å²) in [6.07, 6.45) is 0. The van der Waals surface area contributed by atoms with E-state index in [2.05, 4.69) is 0 Å². The van der Waals surface area contributed by atoms with Crippen molar-refractivity contribution in [3.05, 3.63) is 131 Å². The molecule has 0 aliphatic rings. The van der Waals surface area contributed by atoms with E-state index in [4.69, 9.17) is 0 Å². The summed E-state index contributed by atoms with van der Waals surface area (Å²) >= 11 is 0. The maximum atomic E-state index is 14.2. The molecule has 0 bridgehead atoms. The number of benzene rings is 5. The van der Waals surface area contributed by atoms with Crippen LogP contribution in [0.4, 0.5) is 35.1 Å². The second-order valence-electron chi connectivity index (χ2n) is 8.58. The van der Waals surface area contributed by atoms with Gasteiger partial charge >= 0.3 is 0 Å². The lowest BCUT2D eigenvalue weighted by atomic mass is 9.85. The van der Waals surface area contributed by atoms with Gasteiger partial charge in [0.1, 0.15) is 46.5 Å². The average Bonchev–Trinajstić information content (AvgIpc) is 2.81. The Labute approximate surface area is 211 Å². The van der Waals surface area contributed by atoms with Gasteiger partial charge in [-0.1, -0.05) is 0 Å². The van der Waals surface area contributed by atoms with E-state index in [1.807, 2.05) is 0 Å². The molecule has 0 nitrogen and oxygen atoms in total. The van der Waals surface area contributed by atoms with Crippen LogP contribution in [0.25, 0.3) is 44.5 Å². The van der Waals surface area contributed by atoms with Gasteiger partial charge in [0.2, 0.25) is 0 Å². The zero-order chi connectivity index (χ0) is 27.1. The summed E-state index contributed by atoms with van der Waals surface area (Å²) in [5, 5.41) is 0. The van der Waals surface area contributed by atoms with Crippen molar-refractivity contribution in [2.24, 2.45) is 0 Å². The van der Waals surface area contributed by atoms with Crippen LogP contribution in [-0.4, -0.2) is 0 Å². The number of halogens is 8. The van der Waals surface area contributed by atoms with E-state index in [0.717, 1.165) is 48.5 Å². The molecule has 0 radical (unpaired) electrons. The van der Waals surface area contributed by atoms with Gasteiger partial charge < -0.3 is 0 Å². The lowest BCUT2D eigenvalue weighted by Gasteiger charge is -2.19. The van der Waals surface area contributed by atoms with Crippen LogP contribution in [0.5, 0.6) is 0 Å². The molecular weight excluding hydrogens is 512 g/mol. The van der Waals surface area contributed by atoms with Crippen LogP contribution in [0.15, 0.2) is 84.9 Å². The maximum absolute atomic E-state index is 14.2. The van der Waals surface area contributed by atoms with Gasteiger partial charge in [0.15, 0.2) is 0 Å². The molecule has 0 fully saturated rings. The topological polar surface area (TPSA) is 0 Å². The smallest absolute Gasteiger partial charge is 0.126 e. The Morgan fingerprint density at radius 3 is 0.526 bits per heavy atom. The van der Waals surface area contributed by atoms with Crippen LogP contribution in [0.3, 0.4) is 0 Å². The van der Waals surface area contributed by atoms with Crippen LogP contribution in [-0.2, 0) is 0 Å². The molecule has 0 aromatic heterocycles. The van der Waals surface area contributed by atoms with Gasteiger partial charge in [-0.05, 0) is 105 Å². The van der Waals surface area contributed by atoms with E-state index in [1.54, 1.807) is 0 Å². The van der Waals surface area contributed by atoms with Crippen molar-refractivity contribution in [2.75, 3.05) is 0 Å². The quantitative estimate of drug-likeness (QED) is 0.205. The van der Waals surface area contributed by atoms with E-state index >= 15 is 0 Å². The second-order valence-corrected chi connectivity index (χ2v) is 8.58. The molecule has 0 aliphatic heterocycles. The molecule has 5 aromatic carbocycles. The molecule has 0 unspecified atom stereocenters. The summed E-state index contributed by atoms with van der Waals surface area (Å²) < 4.78 is 114. The van der Waals surface area contributed by atoms with Crippen molar-refractivity contribution in [1.82, 2.24) is 0 Å². The third-order valence-electron chi connectivity index (χ3n) is 5.85. The van der Waals surface area contributed by atoms with E-state index < -0.39 is 46.5 Å². The lowest BCUT2D eigenvalue weighted by molar-refractivity contribution is 0.583. The summed E-state index contributed by atoms with van der Waals surface area (Å²) in [5.74, 6) is -7.62. The van der Waals surface area contributed by atoms with E-state index in [-0.39, 0.29) is 44.5 Å².